The van der Waals surface area contributed by atoms with Crippen molar-refractivity contribution in [3.63, 3.8) is 0 Å². The van der Waals surface area contributed by atoms with E-state index in [1.807, 2.05) is 39.0 Å². The predicted octanol–water partition coefficient (Wildman–Crippen LogP) is 2.58. The number of benzene rings is 1. The second kappa shape index (κ2) is 5.72. The molecule has 0 radical (unpaired) electrons. The number of aliphatic hydroxyl groups is 1. The van der Waals surface area contributed by atoms with Crippen LogP contribution >= 0.6 is 0 Å². The lowest BCUT2D eigenvalue weighted by molar-refractivity contribution is -0.0228. The first-order valence-electron chi connectivity index (χ1n) is 7.67. The van der Waals surface area contributed by atoms with Crippen LogP contribution in [0.2, 0.25) is 0 Å². The lowest BCUT2D eigenvalue weighted by Crippen LogP contribution is -2.43. The van der Waals surface area contributed by atoms with Crippen LogP contribution in [0.1, 0.15) is 53.4 Å². The molecule has 124 valence electrons. The van der Waals surface area contributed by atoms with Crippen LogP contribution in [-0.4, -0.2) is 32.3 Å². The van der Waals surface area contributed by atoms with Gasteiger partial charge in [0.05, 0.1) is 5.56 Å². The highest BCUT2D eigenvalue weighted by Gasteiger charge is 2.42. The number of hydrogen-bond donors (Lipinski definition) is 2. The number of fused-ring (bicyclic) bond motifs is 1. The van der Waals surface area contributed by atoms with Crippen LogP contribution in [0, 0.1) is 0 Å². The number of amides is 2. The summed E-state index contributed by atoms with van der Waals surface area (Å²) in [6.45, 7) is 5.53. The molecule has 1 aromatic carbocycles. The number of carbonyl (C=O) groups is 2. The van der Waals surface area contributed by atoms with Crippen molar-refractivity contribution in [2.24, 2.45) is 0 Å². The van der Waals surface area contributed by atoms with Gasteiger partial charge in [-0.3, -0.25) is 14.6 Å². The molecule has 0 fully saturated rings. The van der Waals surface area contributed by atoms with Gasteiger partial charge in [-0.2, -0.15) is 0 Å². The number of nitrogens with one attached hydrogen (secondary N) is 1. The van der Waals surface area contributed by atoms with E-state index in [1.165, 1.54) is 17.2 Å². The summed E-state index contributed by atoms with van der Waals surface area (Å²) in [5.41, 5.74) is 0.997. The van der Waals surface area contributed by atoms with Crippen molar-refractivity contribution < 1.29 is 14.7 Å². The smallest absolute Gasteiger partial charge is 0.274 e. The van der Waals surface area contributed by atoms with E-state index >= 15 is 0 Å². The van der Waals surface area contributed by atoms with Crippen molar-refractivity contribution in [1.82, 2.24) is 9.88 Å². The Hall–Kier alpha value is -2.73. The molecule has 0 bridgehead atoms. The summed E-state index contributed by atoms with van der Waals surface area (Å²) in [5.74, 6) is -0.676. The fourth-order valence-electron chi connectivity index (χ4n) is 2.76. The fourth-order valence-corrected chi connectivity index (χ4v) is 2.76. The number of pyridine rings is 1. The number of rotatable bonds is 2. The van der Waals surface area contributed by atoms with Crippen molar-refractivity contribution >= 4 is 17.5 Å². The molecule has 2 aromatic rings. The van der Waals surface area contributed by atoms with Gasteiger partial charge in [0.1, 0.15) is 5.69 Å². The van der Waals surface area contributed by atoms with Gasteiger partial charge in [0.25, 0.3) is 11.8 Å². The van der Waals surface area contributed by atoms with Crippen LogP contribution < -0.4 is 5.32 Å². The molecule has 0 saturated heterocycles. The number of hydrogen-bond acceptors (Lipinski definition) is 4. The SMILES string of the molecule is CC(C)(C)N1C(=O)c2cnc(C(=O)Nc3ccccc3)cc2C1O. The second-order valence-electron chi connectivity index (χ2n) is 6.70. The summed E-state index contributed by atoms with van der Waals surface area (Å²) in [5, 5.41) is 13.2. The van der Waals surface area contributed by atoms with Gasteiger partial charge in [0, 0.05) is 23.0 Å². The van der Waals surface area contributed by atoms with E-state index in [9.17, 15) is 14.7 Å². The number of para-hydroxylation sites is 1. The van der Waals surface area contributed by atoms with Gasteiger partial charge >= 0.3 is 0 Å². The lowest BCUT2D eigenvalue weighted by Gasteiger charge is -2.34. The van der Waals surface area contributed by atoms with Gasteiger partial charge in [-0.25, -0.2) is 0 Å². The van der Waals surface area contributed by atoms with Crippen LogP contribution in [0.15, 0.2) is 42.6 Å². The fraction of sp³-hybridized carbons (Fsp3) is 0.278. The zero-order valence-corrected chi connectivity index (χ0v) is 13.8. The van der Waals surface area contributed by atoms with Gasteiger partial charge in [0.15, 0.2) is 6.23 Å². The molecule has 1 aromatic heterocycles. The van der Waals surface area contributed by atoms with Crippen molar-refractivity contribution in [2.75, 3.05) is 5.32 Å². The van der Waals surface area contributed by atoms with Crippen LogP contribution in [0.25, 0.3) is 0 Å². The molecule has 0 saturated carbocycles. The van der Waals surface area contributed by atoms with E-state index in [-0.39, 0.29) is 11.6 Å². The Morgan fingerprint density at radius 3 is 2.54 bits per heavy atom. The summed E-state index contributed by atoms with van der Waals surface area (Å²) < 4.78 is 0. The molecule has 24 heavy (non-hydrogen) atoms. The normalized spacial score (nSPS) is 16.9. The van der Waals surface area contributed by atoms with Crippen LogP contribution in [0.4, 0.5) is 5.69 Å². The highest BCUT2D eigenvalue weighted by molar-refractivity contribution is 6.04. The predicted molar refractivity (Wildman–Crippen MR) is 89.5 cm³/mol. The molecule has 2 N–H and O–H groups in total. The van der Waals surface area contributed by atoms with Crippen LogP contribution in [-0.2, 0) is 0 Å². The number of nitrogens with zero attached hydrogens (tertiary/aromatic N) is 2. The van der Waals surface area contributed by atoms with Crippen molar-refractivity contribution in [1.29, 1.82) is 0 Å². The maximum Gasteiger partial charge on any atom is 0.274 e. The number of aromatic nitrogens is 1. The molecule has 6 heteroatoms. The maximum absolute atomic E-state index is 12.5. The Kier molecular flexibility index (Phi) is 3.85. The molecule has 1 atom stereocenters. The summed E-state index contributed by atoms with van der Waals surface area (Å²) in [6, 6.07) is 10.5. The summed E-state index contributed by atoms with van der Waals surface area (Å²) in [7, 11) is 0. The highest BCUT2D eigenvalue weighted by Crippen LogP contribution is 2.36. The van der Waals surface area contributed by atoms with Crippen LogP contribution in [0.5, 0.6) is 0 Å². The number of anilines is 1. The van der Waals surface area contributed by atoms with Gasteiger partial charge in [-0.05, 0) is 39.0 Å². The molecule has 1 unspecified atom stereocenters. The summed E-state index contributed by atoms with van der Waals surface area (Å²) in [4.78, 5) is 30.2. The van der Waals surface area contributed by atoms with Gasteiger partial charge < -0.3 is 15.3 Å². The Bertz CT molecular complexity index is 797. The minimum atomic E-state index is -1.08. The topological polar surface area (TPSA) is 82.5 Å². The van der Waals surface area contributed by atoms with Gasteiger partial charge in [-0.1, -0.05) is 18.2 Å². The minimum absolute atomic E-state index is 0.153. The zero-order chi connectivity index (χ0) is 17.5. The summed E-state index contributed by atoms with van der Waals surface area (Å²) in [6.07, 6.45) is 0.269. The van der Waals surface area contributed by atoms with Crippen LogP contribution in [0.3, 0.4) is 0 Å². The monoisotopic (exact) mass is 325 g/mol. The van der Waals surface area contributed by atoms with E-state index in [0.29, 0.717) is 16.8 Å². The van der Waals surface area contributed by atoms with E-state index in [0.717, 1.165) is 0 Å². The quantitative estimate of drug-likeness (QED) is 0.889. The van der Waals surface area contributed by atoms with Crippen molar-refractivity contribution in [2.45, 2.75) is 32.5 Å². The molecule has 3 rings (SSSR count). The first-order chi connectivity index (χ1) is 11.3. The van der Waals surface area contributed by atoms with E-state index in [1.54, 1.807) is 12.1 Å². The molecule has 2 heterocycles. The lowest BCUT2D eigenvalue weighted by atomic mass is 10.1. The standard InChI is InChI=1S/C18H19N3O3/c1-18(2,3)21-16(23)12-9-14(19-10-13(12)17(21)24)15(22)20-11-7-5-4-6-8-11/h4-10,16,23H,1-3H3,(H,20,22). The molecular weight excluding hydrogens is 306 g/mol. The molecule has 0 spiro atoms. The average Bonchev–Trinajstić information content (AvgIpc) is 2.79. The Labute approximate surface area is 140 Å². The maximum atomic E-state index is 12.5. The highest BCUT2D eigenvalue weighted by atomic mass is 16.3. The van der Waals surface area contributed by atoms with Gasteiger partial charge in [0.2, 0.25) is 0 Å². The first-order valence-corrected chi connectivity index (χ1v) is 7.67. The molecule has 1 aliphatic rings. The molecule has 2 amide bonds. The molecule has 1 aliphatic heterocycles. The molecule has 6 nitrogen and oxygen atoms in total. The third kappa shape index (κ3) is 2.76. The molecule has 0 aliphatic carbocycles. The average molecular weight is 325 g/mol. The second-order valence-corrected chi connectivity index (χ2v) is 6.70. The Balaban J connectivity index is 1.90. The van der Waals surface area contributed by atoms with E-state index < -0.39 is 17.7 Å². The number of carbonyl (C=O) groups excluding carboxylic acids is 2. The van der Waals surface area contributed by atoms with Crippen molar-refractivity contribution in [3.8, 4) is 0 Å². The Morgan fingerprint density at radius 1 is 1.25 bits per heavy atom. The van der Waals surface area contributed by atoms with Gasteiger partial charge in [-0.15, -0.1) is 0 Å². The largest absolute Gasteiger partial charge is 0.369 e. The van der Waals surface area contributed by atoms with E-state index in [2.05, 4.69) is 10.3 Å². The Morgan fingerprint density at radius 2 is 1.92 bits per heavy atom. The molecular formula is C18H19N3O3. The van der Waals surface area contributed by atoms with E-state index in [4.69, 9.17) is 0 Å². The minimum Gasteiger partial charge on any atom is -0.369 e. The first kappa shape index (κ1) is 16.1. The van der Waals surface area contributed by atoms with Crippen molar-refractivity contribution in [3.05, 3.63) is 59.4 Å². The third-order valence-electron chi connectivity index (χ3n) is 3.89. The zero-order valence-electron chi connectivity index (χ0n) is 13.8. The number of aliphatic hydroxyl groups excluding tert-OH is 1. The summed E-state index contributed by atoms with van der Waals surface area (Å²) >= 11 is 0. The third-order valence-corrected chi connectivity index (χ3v) is 3.89.